The Morgan fingerprint density at radius 2 is 1.77 bits per heavy atom. The number of hydrogen-bond donors (Lipinski definition) is 0. The van der Waals surface area contributed by atoms with Crippen LogP contribution in [0.2, 0.25) is 0 Å². The second-order valence-corrected chi connectivity index (χ2v) is 3.02. The molecule has 0 spiro atoms. The summed E-state index contributed by atoms with van der Waals surface area (Å²) in [6, 6.07) is -1.91. The Morgan fingerprint density at radius 3 is 2.23 bits per heavy atom. The van der Waals surface area contributed by atoms with Crippen molar-refractivity contribution >= 4 is 11.9 Å². The molecule has 3 nitrogen and oxygen atoms in total. The van der Waals surface area contributed by atoms with E-state index in [1.807, 2.05) is 0 Å². The quantitative estimate of drug-likeness (QED) is 0.321. The minimum absolute atomic E-state index is 0.953. The number of hydrogen-bond acceptors (Lipinski definition) is 3. The smallest absolute Gasteiger partial charge is 0.318 e. The third kappa shape index (κ3) is 0.794. The highest BCUT2D eigenvalue weighted by Gasteiger charge is 2.54. The van der Waals surface area contributed by atoms with Gasteiger partial charge in [0.25, 0.3) is 0 Å². The number of fused-ring (bicyclic) bond motifs is 1. The normalized spacial score (nSPS) is 76.0. The van der Waals surface area contributed by atoms with Gasteiger partial charge in [-0.15, -0.1) is 0 Å². The molecule has 2 bridgehead atoms. The third-order valence-electron chi connectivity index (χ3n) is 2.33. The zero-order chi connectivity index (χ0) is 16.2. The van der Waals surface area contributed by atoms with E-state index in [-0.39, 0.29) is 0 Å². The molecule has 1 saturated heterocycles. The van der Waals surface area contributed by atoms with Gasteiger partial charge in [-0.05, 0) is 24.5 Å². The monoisotopic (exact) mass is 186 g/mol. The number of ether oxygens (including phenoxy) is 1. The van der Waals surface area contributed by atoms with Crippen LogP contribution < -0.4 is 0 Å². The van der Waals surface area contributed by atoms with Crippen molar-refractivity contribution in [3.05, 3.63) is 12.1 Å². The van der Waals surface area contributed by atoms with Crippen LogP contribution in [0.25, 0.3) is 0 Å². The summed E-state index contributed by atoms with van der Waals surface area (Å²) in [4.78, 5) is 23.6. The fourth-order valence-electron chi connectivity index (χ4n) is 1.71. The Morgan fingerprint density at radius 1 is 1.31 bits per heavy atom. The minimum Gasteiger partial charge on any atom is -0.393 e. The number of carbonyl (C=O) groups excluding carboxylic acids is 2. The second-order valence-electron chi connectivity index (χ2n) is 3.02. The number of cyclic esters (lactones) is 2. The lowest BCUT2D eigenvalue weighted by molar-refractivity contribution is -0.154. The summed E-state index contributed by atoms with van der Waals surface area (Å²) < 4.78 is 67.9. The van der Waals surface area contributed by atoms with Crippen molar-refractivity contribution in [1.82, 2.24) is 0 Å². The van der Waals surface area contributed by atoms with Gasteiger partial charge in [-0.2, -0.15) is 0 Å². The Bertz CT molecular complexity index is 576. The first kappa shape index (κ1) is 2.94. The fraction of sp³-hybridized carbons (Fsp3) is 0.600. The van der Waals surface area contributed by atoms with Crippen LogP contribution in [0.5, 0.6) is 0 Å². The van der Waals surface area contributed by atoms with Gasteiger partial charge < -0.3 is 4.74 Å². The molecular weight excluding hydrogens is 168 g/mol. The molecule has 0 aromatic rings. The first-order valence-electron chi connectivity index (χ1n) is 7.80. The third-order valence-corrected chi connectivity index (χ3v) is 2.33. The molecular formula is C10H10O3. The molecule has 13 heavy (non-hydrogen) atoms. The predicted molar refractivity (Wildman–Crippen MR) is 43.4 cm³/mol. The van der Waals surface area contributed by atoms with E-state index in [1.54, 1.807) is 0 Å². The van der Waals surface area contributed by atoms with Crippen molar-refractivity contribution in [3.8, 4) is 0 Å². The van der Waals surface area contributed by atoms with Crippen molar-refractivity contribution in [2.45, 2.75) is 12.7 Å². The van der Waals surface area contributed by atoms with Crippen LogP contribution in [0, 0.1) is 23.6 Å². The van der Waals surface area contributed by atoms with E-state index in [9.17, 15) is 9.59 Å². The van der Waals surface area contributed by atoms with Gasteiger partial charge in [0, 0.05) is 8.22 Å². The summed E-state index contributed by atoms with van der Waals surface area (Å²) in [5.41, 5.74) is 0. The number of rotatable bonds is 0. The average Bonchev–Trinajstić information content (AvgIpc) is 2.67. The Labute approximate surface area is 87.0 Å². The van der Waals surface area contributed by atoms with Crippen molar-refractivity contribution in [2.75, 3.05) is 0 Å². The first-order valence-corrected chi connectivity index (χ1v) is 3.80. The Hall–Kier alpha value is -1.12. The van der Waals surface area contributed by atoms with Crippen LogP contribution in [-0.4, -0.2) is 11.9 Å². The molecule has 0 aromatic heterocycles. The maximum absolute atomic E-state index is 11.8. The molecule has 3 aliphatic carbocycles. The molecule has 3 heteroatoms. The summed E-state index contributed by atoms with van der Waals surface area (Å²) in [5.74, 6) is -11.6. The lowest BCUT2D eigenvalue weighted by atomic mass is 9.63. The maximum atomic E-state index is 11.8. The second kappa shape index (κ2) is 2.22. The lowest BCUT2D eigenvalue weighted by Gasteiger charge is -2.37. The molecule has 2 fully saturated rings. The summed E-state index contributed by atoms with van der Waals surface area (Å²) in [7, 11) is 0. The van der Waals surface area contributed by atoms with Crippen LogP contribution in [0.4, 0.5) is 0 Å². The van der Waals surface area contributed by atoms with Gasteiger partial charge in [-0.25, -0.2) is 0 Å². The van der Waals surface area contributed by atoms with E-state index in [4.69, 9.17) is 11.0 Å². The number of esters is 2. The van der Waals surface area contributed by atoms with Gasteiger partial charge in [0.05, 0.1) is 14.6 Å². The van der Waals surface area contributed by atoms with Gasteiger partial charge in [-0.3, -0.25) is 9.59 Å². The number of carbonyl (C=O) groups is 2. The SMILES string of the molecule is [2H]C1=C([2H])C2([2H])[C@H]3C(=O)OC(=O)[C@H]3C1([2H])C([2H])([2H])C2([2H])[2H]. The molecule has 4 atom stereocenters. The van der Waals surface area contributed by atoms with Crippen LogP contribution >= 0.6 is 0 Å². The van der Waals surface area contributed by atoms with Crippen molar-refractivity contribution in [1.29, 1.82) is 0 Å². The molecule has 1 heterocycles. The minimum atomic E-state index is -3.10. The summed E-state index contributed by atoms with van der Waals surface area (Å²) >= 11 is 0. The molecule has 2 unspecified atom stereocenters. The van der Waals surface area contributed by atoms with E-state index in [0.717, 1.165) is 0 Å². The summed E-state index contributed by atoms with van der Waals surface area (Å²) in [5, 5.41) is 0. The first-order chi connectivity index (χ1) is 9.36. The van der Waals surface area contributed by atoms with Gasteiger partial charge >= 0.3 is 11.9 Å². The molecule has 4 rings (SSSR count). The summed E-state index contributed by atoms with van der Waals surface area (Å²) in [6.45, 7) is 0. The molecule has 0 N–H and O–H groups in total. The van der Waals surface area contributed by atoms with Gasteiger partial charge in [0.15, 0.2) is 0 Å². The molecule has 0 radical (unpaired) electrons. The highest BCUT2D eigenvalue weighted by atomic mass is 16.6. The average molecular weight is 186 g/mol. The van der Waals surface area contributed by atoms with Crippen molar-refractivity contribution in [3.63, 3.8) is 0 Å². The standard InChI is InChI=1S/C10H10O3/c11-9-7-5-1-2-6(4-3-5)8(7)10(12)13-9/h1-2,5-8H,3-4H2/t5?,6?,7-,8+/i1D,2D,3D2,4D2,5D,6D. The zero-order valence-corrected chi connectivity index (χ0v) is 6.38. The Balaban J connectivity index is 2.46. The highest BCUT2D eigenvalue weighted by Crippen LogP contribution is 2.48. The highest BCUT2D eigenvalue weighted by molar-refractivity contribution is 5.97. The lowest BCUT2D eigenvalue weighted by Crippen LogP contribution is -2.38. The number of allylic oxidation sites excluding steroid dienone is 2. The van der Waals surface area contributed by atoms with E-state index >= 15 is 0 Å². The molecule has 68 valence electrons. The topological polar surface area (TPSA) is 43.4 Å². The van der Waals surface area contributed by atoms with Crippen LogP contribution in [-0.2, 0) is 14.3 Å². The Kier molecular flexibility index (Phi) is 0.501. The van der Waals surface area contributed by atoms with E-state index < -0.39 is 60.4 Å². The fourth-order valence-corrected chi connectivity index (χ4v) is 1.71. The van der Waals surface area contributed by atoms with Gasteiger partial charge in [0.1, 0.15) is 0 Å². The molecule has 0 amide bonds. The van der Waals surface area contributed by atoms with Crippen molar-refractivity contribution < 1.29 is 25.3 Å². The van der Waals surface area contributed by atoms with E-state index in [1.165, 1.54) is 0 Å². The predicted octanol–water partition coefficient (Wildman–Crippen LogP) is 0.898. The molecule has 1 aliphatic heterocycles. The van der Waals surface area contributed by atoms with E-state index in [0.29, 0.717) is 0 Å². The molecule has 0 aromatic carbocycles. The maximum Gasteiger partial charge on any atom is 0.318 e. The summed E-state index contributed by atoms with van der Waals surface area (Å²) in [6.07, 6.45) is -6.21. The van der Waals surface area contributed by atoms with Crippen LogP contribution in [0.1, 0.15) is 23.7 Å². The van der Waals surface area contributed by atoms with Crippen LogP contribution in [0.15, 0.2) is 12.1 Å². The van der Waals surface area contributed by atoms with Gasteiger partial charge in [-0.1, -0.05) is 12.1 Å². The largest absolute Gasteiger partial charge is 0.393 e. The van der Waals surface area contributed by atoms with Gasteiger partial charge in [0.2, 0.25) is 0 Å². The molecule has 1 saturated carbocycles. The molecule has 4 aliphatic rings. The zero-order valence-electron chi connectivity index (χ0n) is 14.4. The van der Waals surface area contributed by atoms with E-state index in [2.05, 4.69) is 4.74 Å². The van der Waals surface area contributed by atoms with Crippen LogP contribution in [0.3, 0.4) is 0 Å². The van der Waals surface area contributed by atoms with Crippen molar-refractivity contribution in [2.24, 2.45) is 23.6 Å².